The van der Waals surface area contributed by atoms with Gasteiger partial charge in [0.2, 0.25) is 0 Å². The van der Waals surface area contributed by atoms with Crippen molar-refractivity contribution in [1.82, 2.24) is 0 Å². The number of aliphatic hydroxyl groups is 1. The van der Waals surface area contributed by atoms with Gasteiger partial charge < -0.3 is 16.2 Å². The molecule has 0 radical (unpaired) electrons. The summed E-state index contributed by atoms with van der Waals surface area (Å²) in [4.78, 5) is 0. The van der Waals surface area contributed by atoms with Crippen LogP contribution in [0, 0.1) is 0 Å². The first-order valence-corrected chi connectivity index (χ1v) is 7.67. The van der Waals surface area contributed by atoms with Crippen LogP contribution in [0.25, 0.3) is 11.1 Å². The maximum absolute atomic E-state index is 7.95. The van der Waals surface area contributed by atoms with Crippen molar-refractivity contribution in [3.05, 3.63) is 11.1 Å². The molecule has 2 N–H and O–H groups in total. The third-order valence-corrected chi connectivity index (χ3v) is 0.370. The maximum atomic E-state index is 7.95. The fraction of sp³-hybridized carbons (Fsp3) is 1.00. The van der Waals surface area contributed by atoms with E-state index < -0.39 is 16.5 Å². The average molecular weight is 354 g/mol. The number of hydrogen-bond donors (Lipinski definition) is 1. The number of nitrogens with zero attached hydrogens (tertiary/aromatic N) is 1. The van der Waals surface area contributed by atoms with Crippen LogP contribution in [0.15, 0.2) is 0 Å². The Bertz CT molecular complexity index is 39.0. The number of aliphatic hydroxyl groups excluding tert-OH is 1. The van der Waals surface area contributed by atoms with Crippen LogP contribution in [-0.4, -0.2) is 24.9 Å². The van der Waals surface area contributed by atoms with Gasteiger partial charge in [-0.05, 0) is 6.73 Å². The maximum Gasteiger partial charge on any atom is -0.0467 e. The van der Waals surface area contributed by atoms with Crippen molar-refractivity contribution < 1.29 is 21.6 Å². The Morgan fingerprint density at radius 2 is 2.00 bits per heavy atom. The van der Waals surface area contributed by atoms with Gasteiger partial charge in [-0.1, -0.05) is 0 Å². The van der Waals surface area contributed by atoms with Gasteiger partial charge in [-0.2, -0.15) is 13.1 Å². The minimum Gasteiger partial charge on any atom is -0.679 e. The molecule has 0 bridgehead atoms. The summed E-state index contributed by atoms with van der Waals surface area (Å²) in [5, 5.41) is 11.4. The van der Waals surface area contributed by atoms with Gasteiger partial charge in [-0.25, -0.2) is 0 Å². The van der Waals surface area contributed by atoms with Gasteiger partial charge in [0.25, 0.3) is 0 Å². The van der Waals surface area contributed by atoms with E-state index in [4.69, 9.17) is 29.7 Å². The van der Waals surface area contributed by atoms with Gasteiger partial charge in [0, 0.05) is 0 Å². The van der Waals surface area contributed by atoms with Crippen LogP contribution in [0.1, 0.15) is 0 Å². The van der Waals surface area contributed by atoms with Crippen LogP contribution in [0.2, 0.25) is 0 Å². The second-order valence-electron chi connectivity index (χ2n) is 0.884. The molecule has 0 aromatic carbocycles. The molecule has 0 aliphatic heterocycles. The van der Waals surface area contributed by atoms with E-state index in [1.165, 1.54) is 0 Å². The molecule has 0 aliphatic rings. The number of rotatable bonds is 3. The molecule has 0 spiro atoms. The molecular weight excluding hydrogens is 346 g/mol. The zero-order valence-electron chi connectivity index (χ0n) is 4.59. The molecule has 6 heteroatoms. The minimum absolute atomic E-state index is 0.140. The van der Waals surface area contributed by atoms with E-state index in [2.05, 4.69) is 5.32 Å². The number of hydrogen-bond acceptors (Lipinski definition) is 1. The van der Waals surface area contributed by atoms with Crippen LogP contribution < -0.4 is 0 Å². The largest absolute Gasteiger partial charge is 0.679 e. The van der Waals surface area contributed by atoms with Gasteiger partial charge in [-0.3, -0.25) is 0 Å². The van der Waals surface area contributed by atoms with E-state index in [0.717, 1.165) is 0 Å². The van der Waals surface area contributed by atoms with Crippen molar-refractivity contribution in [2.45, 2.75) is 0 Å². The second-order valence-corrected chi connectivity index (χ2v) is 4.17. The molecule has 0 heterocycles. The predicted octanol–water partition coefficient (Wildman–Crippen LogP) is 1.74. The molecular formula is C3H8Cl2N2OPt. The van der Waals surface area contributed by atoms with E-state index in [1.54, 1.807) is 0 Å². The Kier molecular flexibility index (Phi) is 22.8. The van der Waals surface area contributed by atoms with Gasteiger partial charge >= 0.3 is 35.3 Å². The van der Waals surface area contributed by atoms with Gasteiger partial charge in [0.1, 0.15) is 0 Å². The Morgan fingerprint density at radius 3 is 2.11 bits per heavy atom. The Morgan fingerprint density at radius 1 is 1.56 bits per heavy atom. The van der Waals surface area contributed by atoms with Crippen LogP contribution in [-0.2, 0) is 16.5 Å². The second kappa shape index (κ2) is 16.1. The number of nitrogens with one attached hydrogen (secondary N) is 1. The average Bonchev–Trinajstić information content (AvgIpc) is 1.86. The van der Waals surface area contributed by atoms with Crippen molar-refractivity contribution in [2.24, 2.45) is 0 Å². The van der Waals surface area contributed by atoms with Crippen molar-refractivity contribution in [3.63, 3.8) is 0 Å². The van der Waals surface area contributed by atoms with E-state index >= 15 is 0 Å². The molecule has 60 valence electrons. The normalized spacial score (nSPS) is 8.44. The summed E-state index contributed by atoms with van der Waals surface area (Å²) in [5.41, 5.74) is 6.50. The van der Waals surface area contributed by atoms with Crippen molar-refractivity contribution in [2.75, 3.05) is 19.8 Å². The van der Waals surface area contributed by atoms with Crippen molar-refractivity contribution in [3.8, 4) is 0 Å². The standard InChI is InChI=1S/C3H8N2O.2ClH.Pt/c4-1-2-5-3-6;;;/h4,6H,1-3H2;2*1H;/q-2;;;+4/p-2. The number of halogens is 2. The van der Waals surface area contributed by atoms with Gasteiger partial charge in [0.05, 0.1) is 0 Å². The third kappa shape index (κ3) is 27.2. The quantitative estimate of drug-likeness (QED) is 0.772. The van der Waals surface area contributed by atoms with Crippen molar-refractivity contribution >= 4 is 18.8 Å². The van der Waals surface area contributed by atoms with Crippen LogP contribution in [0.3, 0.4) is 0 Å². The summed E-state index contributed by atoms with van der Waals surface area (Å²) in [6, 6.07) is 0. The van der Waals surface area contributed by atoms with Crippen LogP contribution >= 0.6 is 18.8 Å². The van der Waals surface area contributed by atoms with Gasteiger partial charge in [-0.15, -0.1) is 0 Å². The molecule has 0 saturated heterocycles. The molecule has 0 fully saturated rings. The van der Waals surface area contributed by atoms with E-state index in [1.807, 2.05) is 0 Å². The SMILES string of the molecule is [Cl][Pt+2][Cl].[NH-]CC[N-]CO. The van der Waals surface area contributed by atoms with E-state index in [9.17, 15) is 0 Å². The fourth-order valence-electron chi connectivity index (χ4n) is 0.150. The Balaban J connectivity index is 0. The molecule has 0 amide bonds. The molecule has 0 saturated carbocycles. The predicted molar refractivity (Wildman–Crippen MR) is 36.2 cm³/mol. The molecule has 0 aromatic rings. The molecule has 0 aromatic heterocycles. The monoisotopic (exact) mass is 353 g/mol. The van der Waals surface area contributed by atoms with E-state index in [0.29, 0.717) is 6.54 Å². The smallest absolute Gasteiger partial charge is 0.0467 e. The summed E-state index contributed by atoms with van der Waals surface area (Å²) in [5.74, 6) is 0. The van der Waals surface area contributed by atoms with Crippen LogP contribution in [0.5, 0.6) is 0 Å². The molecule has 0 atom stereocenters. The summed E-state index contributed by atoms with van der Waals surface area (Å²) >= 11 is -0.472. The first-order chi connectivity index (χ1) is 4.33. The Labute approximate surface area is 71.3 Å². The fourth-order valence-corrected chi connectivity index (χ4v) is 0.150. The minimum atomic E-state index is -0.472. The first kappa shape index (κ1) is 12.8. The van der Waals surface area contributed by atoms with E-state index in [-0.39, 0.29) is 13.3 Å². The summed E-state index contributed by atoms with van der Waals surface area (Å²) in [6.45, 7) is 0.593. The molecule has 0 unspecified atom stereocenters. The molecule has 0 rings (SSSR count). The summed E-state index contributed by atoms with van der Waals surface area (Å²) in [7, 11) is 9.75. The first-order valence-electron chi connectivity index (χ1n) is 2.04. The zero-order valence-corrected chi connectivity index (χ0v) is 8.37. The summed E-state index contributed by atoms with van der Waals surface area (Å²) in [6.07, 6.45) is 0. The van der Waals surface area contributed by atoms with Crippen molar-refractivity contribution in [1.29, 1.82) is 0 Å². The Hall–Kier alpha value is 1.15. The van der Waals surface area contributed by atoms with Gasteiger partial charge in [0.15, 0.2) is 0 Å². The third-order valence-electron chi connectivity index (χ3n) is 0.370. The molecule has 0 aliphatic carbocycles. The summed E-state index contributed by atoms with van der Waals surface area (Å²) < 4.78 is 0. The molecule has 9 heavy (non-hydrogen) atoms. The molecule has 3 nitrogen and oxygen atoms in total. The van der Waals surface area contributed by atoms with Crippen LogP contribution in [0.4, 0.5) is 0 Å². The topological polar surface area (TPSA) is 58.1 Å². The zero-order chi connectivity index (χ0) is 7.54.